The summed E-state index contributed by atoms with van der Waals surface area (Å²) in [6, 6.07) is 0. The molecular weight excluding hydrogens is 667 g/mol. The highest BCUT2D eigenvalue weighted by Crippen LogP contribution is 2.56. The van der Waals surface area contributed by atoms with Crippen molar-refractivity contribution < 1.29 is 45.8 Å². The van der Waals surface area contributed by atoms with E-state index in [1.54, 1.807) is 0 Å². The van der Waals surface area contributed by atoms with E-state index in [1.165, 1.54) is 35.8 Å². The second kappa shape index (κ2) is 11.4. The third-order valence-corrected chi connectivity index (χ3v) is 10.0. The molecule has 3 aliphatic heterocycles. The summed E-state index contributed by atoms with van der Waals surface area (Å²) in [6.07, 6.45) is -6.63. The van der Waals surface area contributed by atoms with Crippen LogP contribution < -0.4 is 17.0 Å². The van der Waals surface area contributed by atoms with E-state index in [0.717, 1.165) is 6.33 Å². The summed E-state index contributed by atoms with van der Waals surface area (Å²) in [6.45, 7) is 0.0503. The molecule has 0 aliphatic carbocycles. The highest BCUT2D eigenvalue weighted by atomic mass is 31.2. The van der Waals surface area contributed by atoms with Crippen LogP contribution >= 0.6 is 14.9 Å². The van der Waals surface area contributed by atoms with Crippen LogP contribution in [0.2, 0.25) is 0 Å². The number of nitrogens with zero attached hydrogens (tertiary/aromatic N) is 7. The summed E-state index contributed by atoms with van der Waals surface area (Å²) in [5.41, 5.74) is 9.31. The van der Waals surface area contributed by atoms with Gasteiger partial charge in [-0.1, -0.05) is 0 Å². The SMILES string of the molecule is [B][P@@]1(=O)OCC2(C)OC(n3cnc4c(N)ncnc43)C(F)C2O[P@]([B])(=O)OCC2OC(n3cnc4c(=O)[nH]c(N)nc43)C(O1)C2OC. The fraction of sp³-hybridized carbons (Fsp3) is 0.545. The summed E-state index contributed by atoms with van der Waals surface area (Å²) in [5.74, 6) is -0.182. The van der Waals surface area contributed by atoms with Crippen LogP contribution in [0, 0.1) is 0 Å². The zero-order chi connectivity index (χ0) is 33.5. The maximum Gasteiger partial charge on any atom is 0.280 e. The number of anilines is 2. The zero-order valence-corrected chi connectivity index (χ0v) is 26.3. The maximum absolute atomic E-state index is 16.3. The quantitative estimate of drug-likeness (QED) is 0.189. The van der Waals surface area contributed by atoms with Crippen molar-refractivity contribution in [1.29, 1.82) is 0 Å². The minimum Gasteiger partial charge on any atom is -0.382 e. The third kappa shape index (κ3) is 5.58. The number of rotatable bonds is 3. The summed E-state index contributed by atoms with van der Waals surface area (Å²) >= 11 is 0. The Labute approximate surface area is 265 Å². The minimum atomic E-state index is -4.61. The zero-order valence-electron chi connectivity index (χ0n) is 24.5. The van der Waals surface area contributed by atoms with Crippen molar-refractivity contribution in [2.24, 2.45) is 0 Å². The molecule has 7 rings (SSSR count). The lowest BCUT2D eigenvalue weighted by Crippen LogP contribution is -2.44. The van der Waals surface area contributed by atoms with Crippen molar-refractivity contribution in [3.05, 3.63) is 29.3 Å². The van der Waals surface area contributed by atoms with Gasteiger partial charge in [0.15, 0.2) is 41.3 Å². The van der Waals surface area contributed by atoms with Crippen LogP contribution in [-0.4, -0.2) is 111 Å². The number of imidazole rings is 2. The van der Waals surface area contributed by atoms with E-state index in [1.807, 2.05) is 0 Å². The molecule has 4 aromatic heterocycles. The van der Waals surface area contributed by atoms with Gasteiger partial charge in [-0.2, -0.15) is 4.98 Å². The van der Waals surface area contributed by atoms with Crippen LogP contribution in [0.4, 0.5) is 16.2 Å². The number of hydrogen-bond donors (Lipinski definition) is 3. The molecular formula is C22H25B2FN10O10P2. The van der Waals surface area contributed by atoms with Crippen molar-refractivity contribution in [3.63, 3.8) is 0 Å². The van der Waals surface area contributed by atoms with Gasteiger partial charge in [0.1, 0.15) is 41.9 Å². The largest absolute Gasteiger partial charge is 0.382 e. The van der Waals surface area contributed by atoms with Crippen LogP contribution in [0.1, 0.15) is 19.4 Å². The van der Waals surface area contributed by atoms with Gasteiger partial charge >= 0.3 is 0 Å². The first-order valence-corrected chi connectivity index (χ1v) is 17.0. The standard InChI is InChI=1S/C22H25B2FN10O10P2/c1-22-4-41-47(24,38)44-13-12(39-2)8(42-20(13)35-7-31-11-17(35)32-21(27)33-18(11)36)3-40-46(23,37)45-14(22)9(25)19(43-22)34-6-30-10-15(26)28-5-29-16(10)34/h5-9,12-14,19-20H,3-4H2,1-2H3,(H2,26,28,29)(H3,27,32,33,36)/t8?,9?,12?,13?,14?,19?,20?,22?,46-,47-/m1/s1. The monoisotopic (exact) mass is 692 g/mol. The van der Waals surface area contributed by atoms with E-state index >= 15 is 4.39 Å². The number of aromatic nitrogens is 8. The molecule has 4 aromatic rings. The summed E-state index contributed by atoms with van der Waals surface area (Å²) in [5, 5.41) is 0. The second-order valence-electron chi connectivity index (χ2n) is 11.1. The smallest absolute Gasteiger partial charge is 0.280 e. The van der Waals surface area contributed by atoms with Crippen LogP contribution in [0.3, 0.4) is 0 Å². The number of ether oxygens (including phenoxy) is 3. The fourth-order valence-corrected chi connectivity index (χ4v) is 7.96. The lowest BCUT2D eigenvalue weighted by atomic mass is 9.99. The van der Waals surface area contributed by atoms with E-state index in [0.29, 0.717) is 0 Å². The number of nitrogens with one attached hydrogen (secondary N) is 1. The number of halogens is 1. The van der Waals surface area contributed by atoms with Crippen molar-refractivity contribution in [2.45, 2.75) is 55.6 Å². The Hall–Kier alpha value is -3.26. The number of nitrogen functional groups attached to an aromatic ring is 2. The molecule has 0 spiro atoms. The number of aromatic amines is 1. The van der Waals surface area contributed by atoms with E-state index in [9.17, 15) is 13.9 Å². The van der Waals surface area contributed by atoms with Gasteiger partial charge in [-0.05, 0) is 6.92 Å². The number of fused-ring (bicyclic) bond motifs is 5. The van der Waals surface area contributed by atoms with Gasteiger partial charge in [0.2, 0.25) is 21.1 Å². The van der Waals surface area contributed by atoms with E-state index in [-0.39, 0.29) is 34.1 Å². The number of alkyl halides is 1. The molecule has 5 N–H and O–H groups in total. The van der Waals surface area contributed by atoms with E-state index < -0.39 is 82.4 Å². The molecule has 47 heavy (non-hydrogen) atoms. The van der Waals surface area contributed by atoms with Crippen LogP contribution in [0.5, 0.6) is 0 Å². The van der Waals surface area contributed by atoms with Crippen LogP contribution in [-0.2, 0) is 41.4 Å². The van der Waals surface area contributed by atoms with Crippen molar-refractivity contribution in [3.8, 4) is 0 Å². The number of hydrogen-bond acceptors (Lipinski definition) is 17. The lowest BCUT2D eigenvalue weighted by Gasteiger charge is -2.33. The Morgan fingerprint density at radius 3 is 2.49 bits per heavy atom. The lowest BCUT2D eigenvalue weighted by molar-refractivity contribution is -0.110. The highest BCUT2D eigenvalue weighted by molar-refractivity contribution is 7.79. The second-order valence-corrected chi connectivity index (χ2v) is 14.2. The summed E-state index contributed by atoms with van der Waals surface area (Å²) in [7, 11) is 4.10. The maximum atomic E-state index is 16.3. The molecule has 20 nitrogen and oxygen atoms in total. The Morgan fingerprint density at radius 1 is 1.04 bits per heavy atom. The summed E-state index contributed by atoms with van der Waals surface area (Å²) < 4.78 is 86.2. The summed E-state index contributed by atoms with van der Waals surface area (Å²) in [4.78, 5) is 35.0. The molecule has 25 heteroatoms. The average molecular weight is 692 g/mol. The fourth-order valence-electron chi connectivity index (χ4n) is 5.82. The van der Waals surface area contributed by atoms with Gasteiger partial charge in [0.25, 0.3) is 20.5 Å². The molecule has 3 aliphatic rings. The molecule has 4 radical (unpaired) electrons. The van der Waals surface area contributed by atoms with Gasteiger partial charge in [-0.25, -0.2) is 24.3 Å². The van der Waals surface area contributed by atoms with E-state index in [4.69, 9.17) is 58.9 Å². The predicted molar refractivity (Wildman–Crippen MR) is 159 cm³/mol. The Balaban J connectivity index is 1.24. The molecule has 3 saturated heterocycles. The molecule has 3 fully saturated rings. The van der Waals surface area contributed by atoms with Gasteiger partial charge in [0, 0.05) is 7.11 Å². The number of nitrogens with two attached hydrogens (primary N) is 2. The van der Waals surface area contributed by atoms with Gasteiger partial charge < -0.3 is 43.8 Å². The first kappa shape index (κ1) is 32.3. The van der Waals surface area contributed by atoms with E-state index in [2.05, 4.69) is 29.9 Å². The molecule has 246 valence electrons. The average Bonchev–Trinajstić information content (AvgIpc) is 3.75. The number of H-pyrrole nitrogens is 1. The highest BCUT2D eigenvalue weighted by Gasteiger charge is 2.58. The molecule has 10 atom stereocenters. The first-order valence-electron chi connectivity index (χ1n) is 13.8. The first-order chi connectivity index (χ1) is 22.2. The van der Waals surface area contributed by atoms with Gasteiger partial charge in [-0.3, -0.25) is 28.0 Å². The Kier molecular flexibility index (Phi) is 7.85. The Morgan fingerprint density at radius 2 is 1.74 bits per heavy atom. The molecule has 0 amide bonds. The van der Waals surface area contributed by atoms with Crippen LogP contribution in [0.15, 0.2) is 23.8 Å². The van der Waals surface area contributed by atoms with Crippen molar-refractivity contribution in [1.82, 2.24) is 39.0 Å². The van der Waals surface area contributed by atoms with Crippen molar-refractivity contribution in [2.75, 3.05) is 31.8 Å². The molecule has 8 unspecified atom stereocenters. The topological polar surface area (TPSA) is 258 Å². The van der Waals surface area contributed by atoms with Gasteiger partial charge in [-0.15, -0.1) is 0 Å². The molecule has 7 heterocycles. The van der Waals surface area contributed by atoms with Gasteiger partial charge in [0.05, 0.1) is 25.9 Å². The van der Waals surface area contributed by atoms with Crippen LogP contribution in [0.25, 0.3) is 22.3 Å². The molecule has 0 aromatic carbocycles. The molecule has 2 bridgehead atoms. The minimum absolute atomic E-state index is 0.0169. The Bertz CT molecular complexity index is 2020. The normalized spacial score (nSPS) is 38.1. The van der Waals surface area contributed by atoms with Crippen molar-refractivity contribution >= 4 is 64.2 Å². The molecule has 0 saturated carbocycles. The predicted octanol–water partition coefficient (Wildman–Crippen LogP) is 0.0323. The third-order valence-electron chi connectivity index (χ3n) is 7.98. The number of methoxy groups -OCH3 is 1.